The smallest absolute Gasteiger partial charge is 0.240 e. The van der Waals surface area contributed by atoms with Gasteiger partial charge < -0.3 is 10.6 Å². The lowest BCUT2D eigenvalue weighted by Gasteiger charge is -2.28. The van der Waals surface area contributed by atoms with Crippen LogP contribution in [-0.2, 0) is 9.59 Å². The summed E-state index contributed by atoms with van der Waals surface area (Å²) in [6.45, 7) is 8.33. The highest BCUT2D eigenvalue weighted by molar-refractivity contribution is 8.15. The van der Waals surface area contributed by atoms with Crippen LogP contribution in [0.3, 0.4) is 0 Å². The molecule has 3 rings (SSSR count). The molecule has 1 aliphatic heterocycles. The summed E-state index contributed by atoms with van der Waals surface area (Å²) in [5.41, 5.74) is 3.77. The molecule has 154 valence electrons. The first-order valence-electron chi connectivity index (χ1n) is 9.47. The number of thioether (sulfide) groups is 1. The lowest BCUT2D eigenvalue weighted by Crippen LogP contribution is -2.28. The molecule has 8 heteroatoms. The number of hydrogen-bond acceptors (Lipinski definition) is 5. The number of amides is 2. The zero-order valence-electron chi connectivity index (χ0n) is 17.0. The van der Waals surface area contributed by atoms with E-state index in [0.29, 0.717) is 15.9 Å². The second-order valence-corrected chi connectivity index (χ2v) is 9.86. The van der Waals surface area contributed by atoms with Crippen molar-refractivity contribution in [2.75, 3.05) is 5.32 Å². The maximum atomic E-state index is 12.4. The lowest BCUT2D eigenvalue weighted by molar-refractivity contribution is -0.122. The quantitative estimate of drug-likeness (QED) is 0.677. The van der Waals surface area contributed by atoms with Gasteiger partial charge in [-0.15, -0.1) is 5.10 Å². The van der Waals surface area contributed by atoms with Gasteiger partial charge in [0.25, 0.3) is 0 Å². The molecule has 0 aromatic heterocycles. The average molecular weight is 433 g/mol. The molecule has 0 radical (unpaired) electrons. The molecule has 0 unspecified atom stereocenters. The number of nitrogens with one attached hydrogen (secondary N) is 2. The van der Waals surface area contributed by atoms with Crippen molar-refractivity contribution < 1.29 is 9.59 Å². The zero-order valence-corrected chi connectivity index (χ0v) is 18.6. The van der Waals surface area contributed by atoms with Gasteiger partial charge in [-0.2, -0.15) is 5.10 Å². The van der Waals surface area contributed by atoms with E-state index in [2.05, 4.69) is 47.7 Å². The van der Waals surface area contributed by atoms with Crippen molar-refractivity contribution in [3.05, 3.63) is 40.4 Å². The van der Waals surface area contributed by atoms with Gasteiger partial charge in [0, 0.05) is 17.1 Å². The number of hydrogen-bond donors (Lipinski definition) is 2. The summed E-state index contributed by atoms with van der Waals surface area (Å²) in [4.78, 5) is 24.6. The predicted octanol–water partition coefficient (Wildman–Crippen LogP) is 4.69. The van der Waals surface area contributed by atoms with Gasteiger partial charge in [-0.25, -0.2) is 0 Å². The third-order valence-corrected chi connectivity index (χ3v) is 6.27. The third kappa shape index (κ3) is 5.70. The van der Waals surface area contributed by atoms with Crippen LogP contribution in [0.1, 0.15) is 45.6 Å². The van der Waals surface area contributed by atoms with Gasteiger partial charge >= 0.3 is 0 Å². The molecule has 1 atom stereocenters. The first kappa shape index (κ1) is 21.6. The first-order valence-corrected chi connectivity index (χ1v) is 10.7. The van der Waals surface area contributed by atoms with E-state index in [1.54, 1.807) is 18.2 Å². The molecule has 1 fully saturated rings. The Morgan fingerprint density at radius 1 is 1.31 bits per heavy atom. The largest absolute Gasteiger partial charge is 0.326 e. The van der Waals surface area contributed by atoms with Gasteiger partial charge in [-0.05, 0) is 55.9 Å². The number of carbonyl (C=O) groups is 2. The Hall–Kier alpha value is -2.12. The summed E-state index contributed by atoms with van der Waals surface area (Å²) < 4.78 is 0. The summed E-state index contributed by atoms with van der Waals surface area (Å²) in [7, 11) is 0. The topological polar surface area (TPSA) is 82.9 Å². The number of carbonyl (C=O) groups excluding carboxylic acids is 2. The molecule has 0 bridgehead atoms. The molecule has 0 saturated carbocycles. The molecule has 2 N–H and O–H groups in total. The van der Waals surface area contributed by atoms with Crippen molar-refractivity contribution in [2.45, 2.75) is 52.2 Å². The molecule has 2 aliphatic rings. The van der Waals surface area contributed by atoms with Crippen LogP contribution in [0, 0.1) is 12.3 Å². The van der Waals surface area contributed by atoms with Gasteiger partial charge in [-0.1, -0.05) is 48.8 Å². The van der Waals surface area contributed by atoms with E-state index in [1.807, 2.05) is 6.92 Å². The fourth-order valence-electron chi connectivity index (χ4n) is 3.57. The summed E-state index contributed by atoms with van der Waals surface area (Å²) in [5, 5.41) is 14.5. The van der Waals surface area contributed by atoms with Crippen molar-refractivity contribution in [1.29, 1.82) is 0 Å². The highest BCUT2D eigenvalue weighted by atomic mass is 35.5. The fraction of sp³-hybridized carbons (Fsp3) is 0.429. The Kier molecular flexibility index (Phi) is 6.49. The lowest BCUT2D eigenvalue weighted by atomic mass is 9.77. The number of rotatable bonds is 4. The van der Waals surface area contributed by atoms with Crippen LogP contribution in [0.5, 0.6) is 0 Å². The molecule has 0 spiro atoms. The Morgan fingerprint density at radius 3 is 2.79 bits per heavy atom. The van der Waals surface area contributed by atoms with E-state index < -0.39 is 5.25 Å². The second-order valence-electron chi connectivity index (χ2n) is 8.27. The number of allylic oxidation sites excluding steroid dienone is 2. The molecule has 1 aliphatic carbocycles. The maximum absolute atomic E-state index is 12.4. The van der Waals surface area contributed by atoms with Crippen LogP contribution in [0.4, 0.5) is 5.69 Å². The third-order valence-electron chi connectivity index (χ3n) is 4.79. The van der Waals surface area contributed by atoms with Crippen molar-refractivity contribution in [3.8, 4) is 0 Å². The molecule has 2 amide bonds. The Balaban J connectivity index is 1.62. The Labute approximate surface area is 180 Å². The second kappa shape index (κ2) is 8.71. The minimum absolute atomic E-state index is 0.0457. The normalized spacial score (nSPS) is 23.8. The van der Waals surface area contributed by atoms with E-state index in [-0.39, 0.29) is 23.7 Å². The molecule has 29 heavy (non-hydrogen) atoms. The van der Waals surface area contributed by atoms with E-state index in [9.17, 15) is 9.59 Å². The van der Waals surface area contributed by atoms with Crippen LogP contribution in [-0.4, -0.2) is 27.9 Å². The number of nitrogens with zero attached hydrogens (tertiary/aromatic N) is 2. The number of benzene rings is 1. The highest BCUT2D eigenvalue weighted by Gasteiger charge is 2.32. The predicted molar refractivity (Wildman–Crippen MR) is 121 cm³/mol. The van der Waals surface area contributed by atoms with Crippen LogP contribution >= 0.6 is 23.4 Å². The molecular formula is C21H25ClN4O2S. The van der Waals surface area contributed by atoms with Crippen molar-refractivity contribution in [2.24, 2.45) is 15.6 Å². The van der Waals surface area contributed by atoms with Crippen LogP contribution < -0.4 is 10.6 Å². The van der Waals surface area contributed by atoms with Gasteiger partial charge in [0.1, 0.15) is 5.25 Å². The van der Waals surface area contributed by atoms with Crippen LogP contribution in [0.15, 0.2) is 40.1 Å². The summed E-state index contributed by atoms with van der Waals surface area (Å²) in [6, 6.07) is 5.32. The van der Waals surface area contributed by atoms with Crippen LogP contribution in [0.25, 0.3) is 0 Å². The van der Waals surface area contributed by atoms with Gasteiger partial charge in [0.2, 0.25) is 11.8 Å². The van der Waals surface area contributed by atoms with Crippen molar-refractivity contribution in [1.82, 2.24) is 5.32 Å². The number of halogens is 1. The maximum Gasteiger partial charge on any atom is 0.240 e. The fourth-order valence-corrected chi connectivity index (χ4v) is 4.66. The zero-order chi connectivity index (χ0) is 21.2. The SMILES string of the molecule is CC1=CC(=NN=C2NC(=O)[C@@H](CC(=O)Nc3cccc(Cl)c3C)S2)CC(C)(C)C1. The highest BCUT2D eigenvalue weighted by Crippen LogP contribution is 2.34. The van der Waals surface area contributed by atoms with Gasteiger partial charge in [-0.3, -0.25) is 9.59 Å². The monoisotopic (exact) mass is 432 g/mol. The standard InChI is InChI=1S/C21H25ClN4O2S/c1-12-8-14(11-21(3,4)10-12)25-26-20-24-19(28)17(29-20)9-18(27)23-16-7-5-6-15(22)13(16)2/h5-8,17H,9-11H2,1-4H3,(H,23,27)(H,24,26,28)/t17-/m1/s1. The summed E-state index contributed by atoms with van der Waals surface area (Å²) >= 11 is 7.31. The minimum Gasteiger partial charge on any atom is -0.326 e. The van der Waals surface area contributed by atoms with E-state index >= 15 is 0 Å². The first-order chi connectivity index (χ1) is 13.6. The average Bonchev–Trinajstić information content (AvgIpc) is 2.95. The van der Waals surface area contributed by atoms with Crippen molar-refractivity contribution >= 4 is 51.7 Å². The molecule has 1 aromatic rings. The van der Waals surface area contributed by atoms with Crippen LogP contribution in [0.2, 0.25) is 5.02 Å². The number of amidine groups is 1. The summed E-state index contributed by atoms with van der Waals surface area (Å²) in [5.74, 6) is -0.481. The van der Waals surface area contributed by atoms with Gasteiger partial charge in [0.15, 0.2) is 5.17 Å². The summed E-state index contributed by atoms with van der Waals surface area (Å²) in [6.07, 6.45) is 3.97. The van der Waals surface area contributed by atoms with E-state index in [0.717, 1.165) is 24.1 Å². The Morgan fingerprint density at radius 2 is 2.07 bits per heavy atom. The molecule has 1 aromatic carbocycles. The van der Waals surface area contributed by atoms with E-state index in [1.165, 1.54) is 17.3 Å². The van der Waals surface area contributed by atoms with Crippen molar-refractivity contribution in [3.63, 3.8) is 0 Å². The Bertz CT molecular complexity index is 937. The molecular weight excluding hydrogens is 408 g/mol. The molecule has 1 heterocycles. The minimum atomic E-state index is -0.534. The van der Waals surface area contributed by atoms with E-state index in [4.69, 9.17) is 11.6 Å². The van der Waals surface area contributed by atoms with Gasteiger partial charge in [0.05, 0.1) is 5.71 Å². The number of anilines is 1. The molecule has 1 saturated heterocycles. The molecule has 6 nitrogen and oxygen atoms in total.